The van der Waals surface area contributed by atoms with Gasteiger partial charge in [-0.3, -0.25) is 9.48 Å². The first-order valence-corrected chi connectivity index (χ1v) is 13.3. The van der Waals surface area contributed by atoms with Gasteiger partial charge in [-0.05, 0) is 71.4 Å². The van der Waals surface area contributed by atoms with E-state index in [4.69, 9.17) is 4.74 Å². The SMILES string of the molecule is CC(C)(C)OC(=O)N[C@H]1CSc2cc(F)c(-c3cnn(C(C)(C)C)c3)cc2N(Cc2ccc(F)cc2)C1=O. The van der Waals surface area contributed by atoms with Gasteiger partial charge >= 0.3 is 6.09 Å². The maximum atomic E-state index is 15.4. The Morgan fingerprint density at radius 2 is 1.82 bits per heavy atom. The van der Waals surface area contributed by atoms with Gasteiger partial charge in [-0.15, -0.1) is 11.8 Å². The fourth-order valence-electron chi connectivity index (χ4n) is 3.96. The Hall–Kier alpha value is -3.40. The molecule has 10 heteroatoms. The van der Waals surface area contributed by atoms with E-state index in [0.717, 1.165) is 0 Å². The summed E-state index contributed by atoms with van der Waals surface area (Å²) < 4.78 is 36.1. The number of fused-ring (bicyclic) bond motifs is 1. The second-order valence-electron chi connectivity index (χ2n) is 11.2. The average molecular weight is 543 g/mol. The number of anilines is 1. The molecule has 0 radical (unpaired) electrons. The maximum absolute atomic E-state index is 15.4. The first-order valence-electron chi connectivity index (χ1n) is 12.3. The van der Waals surface area contributed by atoms with Gasteiger partial charge in [0.2, 0.25) is 0 Å². The summed E-state index contributed by atoms with van der Waals surface area (Å²) in [5, 5.41) is 7.05. The summed E-state index contributed by atoms with van der Waals surface area (Å²) in [6.07, 6.45) is 2.65. The molecule has 0 spiro atoms. The normalized spacial score (nSPS) is 16.2. The number of aromatic nitrogens is 2. The zero-order chi connectivity index (χ0) is 27.8. The summed E-state index contributed by atoms with van der Waals surface area (Å²) in [7, 11) is 0. The fraction of sp³-hybridized carbons (Fsp3) is 0.393. The first-order chi connectivity index (χ1) is 17.7. The fourth-order valence-corrected chi connectivity index (χ4v) is 5.04. The van der Waals surface area contributed by atoms with Crippen molar-refractivity contribution >= 4 is 29.4 Å². The lowest BCUT2D eigenvalue weighted by Crippen LogP contribution is -2.50. The number of nitrogens with one attached hydrogen (secondary N) is 1. The largest absolute Gasteiger partial charge is 0.444 e. The summed E-state index contributed by atoms with van der Waals surface area (Å²) >= 11 is 1.27. The summed E-state index contributed by atoms with van der Waals surface area (Å²) in [4.78, 5) is 28.4. The van der Waals surface area contributed by atoms with Crippen molar-refractivity contribution in [1.29, 1.82) is 0 Å². The van der Waals surface area contributed by atoms with Crippen LogP contribution in [0.5, 0.6) is 0 Å². The van der Waals surface area contributed by atoms with Crippen molar-refractivity contribution in [2.45, 2.75) is 70.2 Å². The van der Waals surface area contributed by atoms with Gasteiger partial charge < -0.3 is 15.0 Å². The average Bonchev–Trinajstić information content (AvgIpc) is 3.27. The lowest BCUT2D eigenvalue weighted by atomic mass is 10.1. The van der Waals surface area contributed by atoms with Crippen LogP contribution in [-0.2, 0) is 21.6 Å². The predicted octanol–water partition coefficient (Wildman–Crippen LogP) is 6.12. The quantitative estimate of drug-likeness (QED) is 0.430. The summed E-state index contributed by atoms with van der Waals surface area (Å²) in [5.74, 6) is -1.03. The zero-order valence-electron chi connectivity index (χ0n) is 22.3. The van der Waals surface area contributed by atoms with Gasteiger partial charge in [-0.2, -0.15) is 5.10 Å². The maximum Gasteiger partial charge on any atom is 0.408 e. The molecule has 1 atom stereocenters. The molecule has 3 aromatic rings. The van der Waals surface area contributed by atoms with E-state index in [1.807, 2.05) is 20.8 Å². The van der Waals surface area contributed by atoms with Gasteiger partial charge in [-0.1, -0.05) is 12.1 Å². The Morgan fingerprint density at radius 3 is 2.42 bits per heavy atom. The molecular weight excluding hydrogens is 510 g/mol. The number of hydrogen-bond donors (Lipinski definition) is 1. The molecule has 0 saturated heterocycles. The minimum atomic E-state index is -0.919. The first kappa shape index (κ1) is 27.6. The minimum absolute atomic E-state index is 0.103. The second kappa shape index (κ2) is 10.4. The van der Waals surface area contributed by atoms with Gasteiger partial charge in [0.25, 0.3) is 5.91 Å². The molecule has 7 nitrogen and oxygen atoms in total. The molecule has 1 aliphatic rings. The molecule has 38 heavy (non-hydrogen) atoms. The number of carbonyl (C=O) groups excluding carboxylic acids is 2. The highest BCUT2D eigenvalue weighted by Crippen LogP contribution is 2.40. The van der Waals surface area contributed by atoms with E-state index >= 15 is 4.39 Å². The van der Waals surface area contributed by atoms with Crippen LogP contribution in [0, 0.1) is 11.6 Å². The highest BCUT2D eigenvalue weighted by atomic mass is 32.2. The molecule has 1 N–H and O–H groups in total. The standard InChI is InChI=1S/C28H32F2N4O3S/c1-27(2,3)34-15-18(13-31-34)20-11-23-24(12-21(20)30)38-16-22(32-26(36)37-28(4,5)6)25(35)33(23)14-17-7-9-19(29)10-8-17/h7-13,15,22H,14,16H2,1-6H3,(H,32,36)/t22-/m0/s1. The van der Waals surface area contributed by atoms with E-state index in [1.165, 1.54) is 34.9 Å². The minimum Gasteiger partial charge on any atom is -0.444 e. The Labute approximate surface area is 225 Å². The third-order valence-electron chi connectivity index (χ3n) is 5.83. The molecule has 2 heterocycles. The Bertz CT molecular complexity index is 1340. The van der Waals surface area contributed by atoms with Crippen molar-refractivity contribution < 1.29 is 23.1 Å². The van der Waals surface area contributed by atoms with E-state index in [2.05, 4.69) is 10.4 Å². The summed E-state index contributed by atoms with van der Waals surface area (Å²) in [5.41, 5.74) is 1.03. The number of ether oxygens (including phenoxy) is 1. The van der Waals surface area contributed by atoms with Crippen LogP contribution in [0.4, 0.5) is 19.3 Å². The van der Waals surface area contributed by atoms with Crippen molar-refractivity contribution in [3.05, 3.63) is 66.0 Å². The van der Waals surface area contributed by atoms with E-state index in [1.54, 1.807) is 56.0 Å². The zero-order valence-corrected chi connectivity index (χ0v) is 23.2. The van der Waals surface area contributed by atoms with Crippen LogP contribution in [0.25, 0.3) is 11.1 Å². The molecule has 0 bridgehead atoms. The smallest absolute Gasteiger partial charge is 0.408 e. The van der Waals surface area contributed by atoms with Crippen LogP contribution < -0.4 is 10.2 Å². The van der Waals surface area contributed by atoms with E-state index < -0.39 is 29.4 Å². The molecule has 0 unspecified atom stereocenters. The van der Waals surface area contributed by atoms with E-state index in [0.29, 0.717) is 27.3 Å². The number of halogens is 2. The number of amides is 2. The van der Waals surface area contributed by atoms with Crippen LogP contribution in [0.3, 0.4) is 0 Å². The van der Waals surface area contributed by atoms with Gasteiger partial charge in [0.05, 0.1) is 24.0 Å². The Morgan fingerprint density at radius 1 is 1.13 bits per heavy atom. The van der Waals surface area contributed by atoms with Gasteiger partial charge in [0.15, 0.2) is 0 Å². The van der Waals surface area contributed by atoms with Crippen LogP contribution in [-0.4, -0.2) is 39.2 Å². The summed E-state index contributed by atoms with van der Waals surface area (Å²) in [6.45, 7) is 11.3. The van der Waals surface area contributed by atoms with Gasteiger partial charge in [-0.25, -0.2) is 13.6 Å². The molecule has 2 amide bonds. The number of carbonyl (C=O) groups is 2. The van der Waals surface area contributed by atoms with Gasteiger partial charge in [0.1, 0.15) is 23.3 Å². The van der Waals surface area contributed by atoms with Crippen LogP contribution >= 0.6 is 11.8 Å². The highest BCUT2D eigenvalue weighted by molar-refractivity contribution is 7.99. The van der Waals surface area contributed by atoms with Crippen molar-refractivity contribution in [1.82, 2.24) is 15.1 Å². The molecule has 1 aliphatic heterocycles. The Balaban J connectivity index is 1.75. The monoisotopic (exact) mass is 542 g/mol. The van der Waals surface area contributed by atoms with Crippen molar-refractivity contribution in [3.63, 3.8) is 0 Å². The number of thioether (sulfide) groups is 1. The highest BCUT2D eigenvalue weighted by Gasteiger charge is 2.34. The third kappa shape index (κ3) is 6.35. The molecular formula is C28H32F2N4O3S. The molecule has 0 saturated carbocycles. The van der Waals surface area contributed by atoms with Crippen molar-refractivity contribution in [2.75, 3.05) is 10.7 Å². The van der Waals surface area contributed by atoms with Crippen LogP contribution in [0.1, 0.15) is 47.1 Å². The lowest BCUT2D eigenvalue weighted by molar-refractivity contribution is -0.120. The number of hydrogen-bond acceptors (Lipinski definition) is 5. The molecule has 202 valence electrons. The third-order valence-corrected chi connectivity index (χ3v) is 6.97. The van der Waals surface area contributed by atoms with Crippen molar-refractivity contribution in [2.24, 2.45) is 0 Å². The second-order valence-corrected chi connectivity index (χ2v) is 12.3. The van der Waals surface area contributed by atoms with E-state index in [9.17, 15) is 14.0 Å². The Kier molecular flexibility index (Phi) is 7.56. The molecule has 0 aliphatic carbocycles. The molecule has 4 rings (SSSR count). The number of alkyl carbamates (subject to hydrolysis) is 1. The number of benzene rings is 2. The van der Waals surface area contributed by atoms with E-state index in [-0.39, 0.29) is 23.7 Å². The molecule has 1 aromatic heterocycles. The number of nitrogens with zero attached hydrogens (tertiary/aromatic N) is 3. The topological polar surface area (TPSA) is 76.5 Å². The molecule has 2 aromatic carbocycles. The van der Waals surface area contributed by atoms with Gasteiger partial charge in [0, 0.05) is 28.0 Å². The van der Waals surface area contributed by atoms with Crippen LogP contribution in [0.2, 0.25) is 0 Å². The molecule has 0 fully saturated rings. The predicted molar refractivity (Wildman–Crippen MR) is 144 cm³/mol. The summed E-state index contributed by atoms with van der Waals surface area (Å²) in [6, 6.07) is 7.95. The van der Waals surface area contributed by atoms with Crippen LogP contribution in [0.15, 0.2) is 53.7 Å². The van der Waals surface area contributed by atoms with Crippen molar-refractivity contribution in [3.8, 4) is 11.1 Å². The number of rotatable bonds is 4. The lowest BCUT2D eigenvalue weighted by Gasteiger charge is -2.27.